The molecule has 1 heterocycles. The zero-order valence-corrected chi connectivity index (χ0v) is 14.1. The Morgan fingerprint density at radius 3 is 2.61 bits per heavy atom. The zero-order valence-electron chi connectivity index (χ0n) is 13.3. The summed E-state index contributed by atoms with van der Waals surface area (Å²) in [6.45, 7) is 3.46. The van der Waals surface area contributed by atoms with Crippen molar-refractivity contribution in [2.75, 3.05) is 26.2 Å². The quantitative estimate of drug-likeness (QED) is 0.863. The van der Waals surface area contributed by atoms with Crippen LogP contribution in [0.15, 0.2) is 24.3 Å². The van der Waals surface area contributed by atoms with E-state index in [0.717, 1.165) is 19.3 Å². The number of hydrogen-bond donors (Lipinski definition) is 2. The zero-order chi connectivity index (χ0) is 16.9. The second kappa shape index (κ2) is 7.79. The Balaban J connectivity index is 1.83. The molecule has 0 spiro atoms. The van der Waals surface area contributed by atoms with Gasteiger partial charge in [-0.25, -0.2) is 0 Å². The number of amides is 2. The van der Waals surface area contributed by atoms with Gasteiger partial charge in [0.1, 0.15) is 0 Å². The van der Waals surface area contributed by atoms with E-state index in [1.54, 1.807) is 29.2 Å². The summed E-state index contributed by atoms with van der Waals surface area (Å²) in [6.07, 6.45) is 2.51. The van der Waals surface area contributed by atoms with Gasteiger partial charge in [-0.05, 0) is 42.9 Å². The highest BCUT2D eigenvalue weighted by Crippen LogP contribution is 2.34. The molecule has 0 radical (unpaired) electrons. The van der Waals surface area contributed by atoms with Gasteiger partial charge in [-0.2, -0.15) is 0 Å². The summed E-state index contributed by atoms with van der Waals surface area (Å²) in [5.74, 6) is -0.404. The van der Waals surface area contributed by atoms with Gasteiger partial charge in [0.2, 0.25) is 5.91 Å². The molecule has 5 nitrogen and oxygen atoms in total. The number of piperidine rings is 1. The Morgan fingerprint density at radius 1 is 1.35 bits per heavy atom. The van der Waals surface area contributed by atoms with E-state index < -0.39 is 0 Å². The number of nitrogens with one attached hydrogen (secondary N) is 1. The Bertz CT molecular complexity index is 563. The van der Waals surface area contributed by atoms with E-state index in [-0.39, 0.29) is 30.4 Å². The van der Waals surface area contributed by atoms with Crippen LogP contribution in [-0.4, -0.2) is 48.1 Å². The maximum absolute atomic E-state index is 12.2. The molecular formula is C17H23ClN2O3. The van der Waals surface area contributed by atoms with Crippen molar-refractivity contribution in [3.8, 4) is 0 Å². The van der Waals surface area contributed by atoms with Crippen LogP contribution >= 0.6 is 11.6 Å². The third-order valence-electron chi connectivity index (χ3n) is 4.75. The normalized spacial score (nSPS) is 16.9. The Kier molecular flexibility index (Phi) is 6.02. The number of rotatable bonds is 5. The van der Waals surface area contributed by atoms with Gasteiger partial charge in [0.15, 0.2) is 0 Å². The van der Waals surface area contributed by atoms with Crippen LogP contribution in [0.3, 0.4) is 0 Å². The van der Waals surface area contributed by atoms with Crippen molar-refractivity contribution in [1.82, 2.24) is 10.2 Å². The minimum absolute atomic E-state index is 0.0242. The first-order chi connectivity index (χ1) is 11.0. The summed E-state index contributed by atoms with van der Waals surface area (Å²) >= 11 is 5.85. The van der Waals surface area contributed by atoms with Gasteiger partial charge in [-0.15, -0.1) is 0 Å². The van der Waals surface area contributed by atoms with Gasteiger partial charge in [0.05, 0.1) is 6.54 Å². The molecule has 1 aliphatic heterocycles. The molecule has 2 amide bonds. The second-order valence-electron chi connectivity index (χ2n) is 6.09. The first-order valence-corrected chi connectivity index (χ1v) is 8.30. The largest absolute Gasteiger partial charge is 0.396 e. The number of aliphatic hydroxyl groups excluding tert-OH is 1. The number of halogens is 1. The molecule has 1 aromatic rings. The number of carbonyl (C=O) groups is 2. The highest BCUT2D eigenvalue weighted by Gasteiger charge is 2.33. The lowest BCUT2D eigenvalue weighted by Crippen LogP contribution is -2.47. The van der Waals surface area contributed by atoms with Crippen LogP contribution in [0.2, 0.25) is 5.02 Å². The molecule has 0 aromatic heterocycles. The van der Waals surface area contributed by atoms with Crippen molar-refractivity contribution in [1.29, 1.82) is 0 Å². The highest BCUT2D eigenvalue weighted by molar-refractivity contribution is 6.30. The molecule has 1 aromatic carbocycles. The predicted molar refractivity (Wildman–Crippen MR) is 89.4 cm³/mol. The molecule has 0 aliphatic carbocycles. The fourth-order valence-electron chi connectivity index (χ4n) is 2.85. The van der Waals surface area contributed by atoms with Crippen LogP contribution in [0.25, 0.3) is 0 Å². The van der Waals surface area contributed by atoms with Crippen molar-refractivity contribution >= 4 is 23.4 Å². The second-order valence-corrected chi connectivity index (χ2v) is 6.52. The van der Waals surface area contributed by atoms with E-state index in [4.69, 9.17) is 11.6 Å². The van der Waals surface area contributed by atoms with Crippen molar-refractivity contribution in [3.05, 3.63) is 34.9 Å². The van der Waals surface area contributed by atoms with Crippen LogP contribution in [0.4, 0.5) is 0 Å². The Hall–Kier alpha value is -1.59. The molecule has 23 heavy (non-hydrogen) atoms. The molecule has 0 atom stereocenters. The van der Waals surface area contributed by atoms with Crippen LogP contribution in [0.5, 0.6) is 0 Å². The topological polar surface area (TPSA) is 69.6 Å². The Labute approximate surface area is 141 Å². The maximum atomic E-state index is 12.2. The maximum Gasteiger partial charge on any atom is 0.251 e. The summed E-state index contributed by atoms with van der Waals surface area (Å²) in [5, 5.41) is 12.6. The number of aliphatic hydroxyl groups is 1. The lowest BCUT2D eigenvalue weighted by Gasteiger charge is -2.40. The average molecular weight is 339 g/mol. The van der Waals surface area contributed by atoms with Crippen molar-refractivity contribution in [2.24, 2.45) is 5.41 Å². The van der Waals surface area contributed by atoms with Crippen LogP contribution < -0.4 is 5.32 Å². The molecule has 0 bridgehead atoms. The minimum atomic E-state index is -0.309. The lowest BCUT2D eigenvalue weighted by atomic mass is 9.77. The van der Waals surface area contributed by atoms with Gasteiger partial charge in [-0.3, -0.25) is 9.59 Å². The molecular weight excluding hydrogens is 316 g/mol. The number of benzene rings is 1. The van der Waals surface area contributed by atoms with Crippen molar-refractivity contribution in [2.45, 2.75) is 26.2 Å². The highest BCUT2D eigenvalue weighted by atomic mass is 35.5. The van der Waals surface area contributed by atoms with E-state index in [2.05, 4.69) is 12.2 Å². The summed E-state index contributed by atoms with van der Waals surface area (Å²) in [5.41, 5.74) is 0.384. The number of carbonyl (C=O) groups excluding carboxylic acids is 2. The molecule has 2 rings (SSSR count). The predicted octanol–water partition coefficient (Wildman–Crippen LogP) is 2.08. The van der Waals surface area contributed by atoms with E-state index in [1.165, 1.54) is 0 Å². The van der Waals surface area contributed by atoms with Crippen LogP contribution in [0.1, 0.15) is 36.5 Å². The molecule has 1 saturated heterocycles. The summed E-state index contributed by atoms with van der Waals surface area (Å²) in [4.78, 5) is 26.0. The average Bonchev–Trinajstić information content (AvgIpc) is 2.59. The molecule has 1 aliphatic rings. The third-order valence-corrected chi connectivity index (χ3v) is 4.98. The molecule has 6 heteroatoms. The molecule has 126 valence electrons. The molecule has 0 saturated carbocycles. The molecule has 2 N–H and O–H groups in total. The van der Waals surface area contributed by atoms with Gasteiger partial charge in [0.25, 0.3) is 5.91 Å². The number of hydrogen-bond acceptors (Lipinski definition) is 3. The van der Waals surface area contributed by atoms with Gasteiger partial charge in [0, 0.05) is 30.3 Å². The number of likely N-dealkylation sites (tertiary alicyclic amines) is 1. The van der Waals surface area contributed by atoms with Gasteiger partial charge in [-0.1, -0.05) is 24.6 Å². The first kappa shape index (κ1) is 17.8. The standard InChI is InChI=1S/C17H23ClN2O3/c1-2-17(12-21)6-8-20(9-7-17)15(22)11-19-16(23)13-4-3-5-14(18)10-13/h3-5,10,21H,2,6-9,11-12H2,1H3,(H,19,23). The number of nitrogens with zero attached hydrogens (tertiary/aromatic N) is 1. The van der Waals surface area contributed by atoms with Crippen molar-refractivity contribution < 1.29 is 14.7 Å². The summed E-state index contributed by atoms with van der Waals surface area (Å²) in [6, 6.07) is 6.61. The monoisotopic (exact) mass is 338 g/mol. The van der Waals surface area contributed by atoms with E-state index in [0.29, 0.717) is 23.7 Å². The lowest BCUT2D eigenvalue weighted by molar-refractivity contribution is -0.133. The van der Waals surface area contributed by atoms with E-state index >= 15 is 0 Å². The van der Waals surface area contributed by atoms with E-state index in [1.807, 2.05) is 0 Å². The molecule has 1 fully saturated rings. The molecule has 0 unspecified atom stereocenters. The van der Waals surface area contributed by atoms with E-state index in [9.17, 15) is 14.7 Å². The fourth-order valence-corrected chi connectivity index (χ4v) is 3.04. The first-order valence-electron chi connectivity index (χ1n) is 7.92. The van der Waals surface area contributed by atoms with Crippen molar-refractivity contribution in [3.63, 3.8) is 0 Å². The van der Waals surface area contributed by atoms with Crippen LogP contribution in [-0.2, 0) is 4.79 Å². The fraction of sp³-hybridized carbons (Fsp3) is 0.529. The van der Waals surface area contributed by atoms with Crippen LogP contribution in [0, 0.1) is 5.41 Å². The minimum Gasteiger partial charge on any atom is -0.396 e. The Morgan fingerprint density at radius 2 is 2.04 bits per heavy atom. The van der Waals surface area contributed by atoms with Gasteiger partial charge >= 0.3 is 0 Å². The van der Waals surface area contributed by atoms with Gasteiger partial charge < -0.3 is 15.3 Å². The summed E-state index contributed by atoms with van der Waals surface area (Å²) in [7, 11) is 0. The third kappa shape index (κ3) is 4.45. The SMILES string of the molecule is CCC1(CO)CCN(C(=O)CNC(=O)c2cccc(Cl)c2)CC1. The smallest absolute Gasteiger partial charge is 0.251 e. The summed E-state index contributed by atoms with van der Waals surface area (Å²) < 4.78 is 0.